The van der Waals surface area contributed by atoms with Gasteiger partial charge >= 0.3 is 5.97 Å². The highest BCUT2D eigenvalue weighted by molar-refractivity contribution is 14.1. The molecule has 1 aliphatic rings. The Kier molecular flexibility index (Phi) is 3.53. The Labute approximate surface area is 79.7 Å². The van der Waals surface area contributed by atoms with Crippen molar-refractivity contribution in [2.24, 2.45) is 0 Å². The van der Waals surface area contributed by atoms with Gasteiger partial charge in [-0.3, -0.25) is 9.69 Å². The van der Waals surface area contributed by atoms with E-state index in [4.69, 9.17) is 5.11 Å². The van der Waals surface area contributed by atoms with Gasteiger partial charge in [0.1, 0.15) is 0 Å². The molecule has 0 aliphatic carbocycles. The quantitative estimate of drug-likeness (QED) is 0.568. The summed E-state index contributed by atoms with van der Waals surface area (Å²) < 4.78 is 2.18. The molecule has 0 spiro atoms. The van der Waals surface area contributed by atoms with Gasteiger partial charge in [0.05, 0.1) is 6.54 Å². The predicted molar refractivity (Wildman–Crippen MR) is 49.7 cm³/mol. The van der Waals surface area contributed by atoms with Crippen molar-refractivity contribution in [1.29, 1.82) is 0 Å². The van der Waals surface area contributed by atoms with Crippen LogP contribution in [0.15, 0.2) is 0 Å². The van der Waals surface area contributed by atoms with E-state index in [1.807, 2.05) is 4.90 Å². The molecule has 1 N–H and O–H groups in total. The average Bonchev–Trinajstić information content (AvgIpc) is 1.93. The molecule has 0 aromatic heterocycles. The zero-order valence-corrected chi connectivity index (χ0v) is 8.32. The van der Waals surface area contributed by atoms with Crippen molar-refractivity contribution >= 4 is 28.8 Å². The van der Waals surface area contributed by atoms with Gasteiger partial charge in [-0.25, -0.2) is 3.11 Å². The van der Waals surface area contributed by atoms with Gasteiger partial charge < -0.3 is 5.11 Å². The monoisotopic (exact) mass is 270 g/mol. The van der Waals surface area contributed by atoms with E-state index in [1.165, 1.54) is 0 Å². The van der Waals surface area contributed by atoms with Crippen molar-refractivity contribution in [2.75, 3.05) is 32.7 Å². The molecular weight excluding hydrogens is 259 g/mol. The Bertz CT molecular complexity index is 146. The maximum absolute atomic E-state index is 10.3. The molecule has 0 amide bonds. The minimum absolute atomic E-state index is 0.185. The van der Waals surface area contributed by atoms with Gasteiger partial charge in [0.25, 0.3) is 0 Å². The first-order valence-electron chi connectivity index (χ1n) is 3.53. The highest BCUT2D eigenvalue weighted by Gasteiger charge is 2.16. The number of carboxylic acid groups (broad SMARTS) is 1. The predicted octanol–water partition coefficient (Wildman–Crippen LogP) is 0.0386. The first-order chi connectivity index (χ1) is 5.18. The molecule has 4 nitrogen and oxygen atoms in total. The number of hydrogen-bond donors (Lipinski definition) is 1. The molecular formula is C6H11IN2O2. The standard InChI is InChI=1S/C6H11IN2O2/c7-9-3-1-8(2-4-9)5-6(10)11/h1-5H2,(H,10,11). The van der Waals surface area contributed by atoms with E-state index in [2.05, 4.69) is 26.0 Å². The molecule has 0 bridgehead atoms. The van der Waals surface area contributed by atoms with Crippen LogP contribution >= 0.6 is 22.9 Å². The molecule has 1 saturated heterocycles. The molecule has 64 valence electrons. The van der Waals surface area contributed by atoms with Crippen LogP contribution in [0, 0.1) is 0 Å². The highest BCUT2D eigenvalue weighted by Crippen LogP contribution is 2.05. The normalized spacial score (nSPS) is 21.9. The lowest BCUT2D eigenvalue weighted by Crippen LogP contribution is -2.44. The summed E-state index contributed by atoms with van der Waals surface area (Å²) in [5.74, 6) is -0.730. The summed E-state index contributed by atoms with van der Waals surface area (Å²) in [4.78, 5) is 12.2. The second-order valence-electron chi connectivity index (χ2n) is 2.58. The summed E-state index contributed by atoms with van der Waals surface area (Å²) in [7, 11) is 0. The van der Waals surface area contributed by atoms with Crippen LogP contribution in [0.2, 0.25) is 0 Å². The van der Waals surface area contributed by atoms with Crippen LogP contribution in [-0.2, 0) is 4.79 Å². The van der Waals surface area contributed by atoms with Crippen LogP contribution in [0.3, 0.4) is 0 Å². The number of nitrogens with zero attached hydrogens (tertiary/aromatic N) is 2. The number of rotatable bonds is 2. The largest absolute Gasteiger partial charge is 0.480 e. The summed E-state index contributed by atoms with van der Waals surface area (Å²) in [6, 6.07) is 0. The topological polar surface area (TPSA) is 43.8 Å². The van der Waals surface area contributed by atoms with Crippen LogP contribution < -0.4 is 0 Å². The van der Waals surface area contributed by atoms with Crippen molar-refractivity contribution in [1.82, 2.24) is 8.01 Å². The Morgan fingerprint density at radius 2 is 1.91 bits per heavy atom. The third kappa shape index (κ3) is 3.35. The molecule has 0 atom stereocenters. The molecule has 0 radical (unpaired) electrons. The van der Waals surface area contributed by atoms with Gasteiger partial charge in [-0.1, -0.05) is 0 Å². The summed E-state index contributed by atoms with van der Waals surface area (Å²) >= 11 is 2.26. The minimum Gasteiger partial charge on any atom is -0.480 e. The highest BCUT2D eigenvalue weighted by atomic mass is 127. The van der Waals surface area contributed by atoms with Crippen molar-refractivity contribution in [3.8, 4) is 0 Å². The molecule has 11 heavy (non-hydrogen) atoms. The van der Waals surface area contributed by atoms with E-state index >= 15 is 0 Å². The second-order valence-corrected chi connectivity index (χ2v) is 3.94. The summed E-state index contributed by atoms with van der Waals surface area (Å²) in [5.41, 5.74) is 0. The molecule has 1 fully saturated rings. The number of halogens is 1. The fourth-order valence-electron chi connectivity index (χ4n) is 1.07. The summed E-state index contributed by atoms with van der Waals surface area (Å²) in [6.07, 6.45) is 0. The van der Waals surface area contributed by atoms with E-state index in [0.29, 0.717) is 0 Å². The van der Waals surface area contributed by atoms with E-state index in [1.54, 1.807) is 0 Å². The fourth-order valence-corrected chi connectivity index (χ4v) is 1.50. The Morgan fingerprint density at radius 3 is 2.36 bits per heavy atom. The van der Waals surface area contributed by atoms with E-state index < -0.39 is 5.97 Å². The maximum Gasteiger partial charge on any atom is 0.317 e. The van der Waals surface area contributed by atoms with Gasteiger partial charge in [0, 0.05) is 49.0 Å². The molecule has 1 aliphatic heterocycles. The van der Waals surface area contributed by atoms with Crippen LogP contribution in [-0.4, -0.2) is 51.8 Å². The first-order valence-corrected chi connectivity index (χ1v) is 4.50. The Balaban J connectivity index is 2.22. The van der Waals surface area contributed by atoms with Crippen molar-refractivity contribution in [3.63, 3.8) is 0 Å². The summed E-state index contributed by atoms with van der Waals surface area (Å²) in [6.45, 7) is 3.86. The van der Waals surface area contributed by atoms with E-state index in [9.17, 15) is 4.79 Å². The first kappa shape index (κ1) is 9.21. The van der Waals surface area contributed by atoms with Crippen molar-refractivity contribution in [2.45, 2.75) is 0 Å². The van der Waals surface area contributed by atoms with Gasteiger partial charge in [-0.15, -0.1) is 0 Å². The van der Waals surface area contributed by atoms with Crippen molar-refractivity contribution < 1.29 is 9.90 Å². The third-order valence-corrected chi connectivity index (χ3v) is 2.64. The van der Waals surface area contributed by atoms with Crippen LogP contribution in [0.1, 0.15) is 0 Å². The lowest BCUT2D eigenvalue weighted by molar-refractivity contribution is -0.138. The van der Waals surface area contributed by atoms with Gasteiger partial charge in [0.15, 0.2) is 0 Å². The summed E-state index contributed by atoms with van der Waals surface area (Å²) in [5, 5.41) is 8.47. The molecule has 0 unspecified atom stereocenters. The molecule has 0 aromatic carbocycles. The molecule has 0 saturated carbocycles. The molecule has 1 heterocycles. The number of carboxylic acids is 1. The number of hydrogen-bond acceptors (Lipinski definition) is 3. The average molecular weight is 270 g/mol. The molecule has 0 aromatic rings. The van der Waals surface area contributed by atoms with Crippen LogP contribution in [0.5, 0.6) is 0 Å². The Morgan fingerprint density at radius 1 is 1.36 bits per heavy atom. The Hall–Kier alpha value is 0.120. The van der Waals surface area contributed by atoms with Gasteiger partial charge in [-0.05, 0) is 0 Å². The SMILES string of the molecule is O=C(O)CN1CCN(I)CC1. The number of carbonyl (C=O) groups is 1. The zero-order valence-electron chi connectivity index (χ0n) is 6.16. The number of piperazine rings is 1. The lowest BCUT2D eigenvalue weighted by atomic mass is 10.3. The number of aliphatic carboxylic acids is 1. The van der Waals surface area contributed by atoms with E-state index in [-0.39, 0.29) is 6.54 Å². The maximum atomic E-state index is 10.3. The van der Waals surface area contributed by atoms with Crippen LogP contribution in [0.25, 0.3) is 0 Å². The van der Waals surface area contributed by atoms with Crippen LogP contribution in [0.4, 0.5) is 0 Å². The smallest absolute Gasteiger partial charge is 0.317 e. The van der Waals surface area contributed by atoms with Gasteiger partial charge in [0.2, 0.25) is 0 Å². The van der Waals surface area contributed by atoms with E-state index in [0.717, 1.165) is 26.2 Å². The minimum atomic E-state index is -0.730. The molecule has 5 heteroatoms. The lowest BCUT2D eigenvalue weighted by Gasteiger charge is -2.29. The zero-order chi connectivity index (χ0) is 8.27. The van der Waals surface area contributed by atoms with Crippen molar-refractivity contribution in [3.05, 3.63) is 0 Å². The molecule has 1 rings (SSSR count). The fraction of sp³-hybridized carbons (Fsp3) is 0.833. The van der Waals surface area contributed by atoms with Gasteiger partial charge in [-0.2, -0.15) is 0 Å². The third-order valence-electron chi connectivity index (χ3n) is 1.68. The second kappa shape index (κ2) is 4.22.